The number of ether oxygens (including phenoxy) is 1. The normalized spacial score (nSPS) is 12.3. The van der Waals surface area contributed by atoms with Crippen molar-refractivity contribution in [2.75, 3.05) is 27.2 Å². The molecule has 0 aliphatic heterocycles. The number of carbonyl (C=O) groups excluding carboxylic acids is 1. The molecule has 0 saturated carbocycles. The minimum Gasteiger partial charge on any atom is -0.468 e. The maximum absolute atomic E-state index is 12.4. The van der Waals surface area contributed by atoms with Crippen molar-refractivity contribution in [3.8, 4) is 0 Å². The molecule has 0 aliphatic carbocycles. The molecule has 5 nitrogen and oxygen atoms in total. The highest BCUT2D eigenvalue weighted by molar-refractivity contribution is 5.77. The zero-order chi connectivity index (χ0) is 19.8. The lowest BCUT2D eigenvalue weighted by Gasteiger charge is -2.23. The number of hydrogen-bond acceptors (Lipinski definition) is 4. The molecule has 2 aromatic carbocycles. The van der Waals surface area contributed by atoms with Gasteiger partial charge in [-0.05, 0) is 37.4 Å². The van der Waals surface area contributed by atoms with Gasteiger partial charge in [-0.25, -0.2) is 0 Å². The lowest BCUT2D eigenvalue weighted by molar-refractivity contribution is -0.127. The van der Waals surface area contributed by atoms with E-state index in [-0.39, 0.29) is 24.7 Å². The molecule has 1 unspecified atom stereocenters. The van der Waals surface area contributed by atoms with E-state index < -0.39 is 0 Å². The van der Waals surface area contributed by atoms with Crippen LogP contribution in [0.1, 0.15) is 29.0 Å². The highest BCUT2D eigenvalue weighted by atomic mass is 16.5. The Morgan fingerprint density at radius 3 is 2.07 bits per heavy atom. The summed E-state index contributed by atoms with van der Waals surface area (Å²) >= 11 is 0. The molecular formula is C23H26N2O3. The molecular weight excluding hydrogens is 352 g/mol. The summed E-state index contributed by atoms with van der Waals surface area (Å²) < 4.78 is 11.5. The number of nitrogens with zero attached hydrogens (tertiary/aromatic N) is 1. The molecule has 1 heterocycles. The summed E-state index contributed by atoms with van der Waals surface area (Å²) in [6.45, 7) is 0.427. The first-order valence-electron chi connectivity index (χ1n) is 9.33. The number of amides is 1. The average molecular weight is 378 g/mol. The number of rotatable bonds is 9. The third-order valence-corrected chi connectivity index (χ3v) is 4.57. The van der Waals surface area contributed by atoms with Gasteiger partial charge in [-0.2, -0.15) is 0 Å². The average Bonchev–Trinajstić information content (AvgIpc) is 3.24. The number of carbonyl (C=O) groups is 1. The van der Waals surface area contributed by atoms with Crippen LogP contribution in [-0.4, -0.2) is 38.1 Å². The summed E-state index contributed by atoms with van der Waals surface area (Å²) in [5, 5.41) is 2.95. The van der Waals surface area contributed by atoms with E-state index in [0.29, 0.717) is 6.54 Å². The van der Waals surface area contributed by atoms with Crippen molar-refractivity contribution in [2.24, 2.45) is 0 Å². The van der Waals surface area contributed by atoms with Crippen LogP contribution >= 0.6 is 0 Å². The Morgan fingerprint density at radius 2 is 1.57 bits per heavy atom. The van der Waals surface area contributed by atoms with Crippen molar-refractivity contribution >= 4 is 5.91 Å². The van der Waals surface area contributed by atoms with Crippen LogP contribution in [0.5, 0.6) is 0 Å². The molecule has 0 spiro atoms. The van der Waals surface area contributed by atoms with Crippen molar-refractivity contribution in [1.82, 2.24) is 10.2 Å². The summed E-state index contributed by atoms with van der Waals surface area (Å²) in [4.78, 5) is 14.4. The molecule has 0 fully saturated rings. The Balaban J connectivity index is 1.61. The molecule has 146 valence electrons. The Labute approximate surface area is 165 Å². The second-order valence-corrected chi connectivity index (χ2v) is 6.81. The Morgan fingerprint density at radius 1 is 0.964 bits per heavy atom. The van der Waals surface area contributed by atoms with Gasteiger partial charge in [-0.15, -0.1) is 0 Å². The molecule has 5 heteroatoms. The van der Waals surface area contributed by atoms with Crippen molar-refractivity contribution in [2.45, 2.75) is 12.1 Å². The van der Waals surface area contributed by atoms with Crippen LogP contribution in [0.4, 0.5) is 0 Å². The summed E-state index contributed by atoms with van der Waals surface area (Å²) in [5.74, 6) is 0.660. The zero-order valence-corrected chi connectivity index (χ0v) is 16.2. The fraction of sp³-hybridized carbons (Fsp3) is 0.261. The monoisotopic (exact) mass is 378 g/mol. The van der Waals surface area contributed by atoms with Crippen LogP contribution < -0.4 is 5.32 Å². The fourth-order valence-electron chi connectivity index (χ4n) is 3.08. The van der Waals surface area contributed by atoms with E-state index in [1.807, 2.05) is 91.8 Å². The van der Waals surface area contributed by atoms with Gasteiger partial charge in [0.05, 0.1) is 12.3 Å². The van der Waals surface area contributed by atoms with Crippen LogP contribution in [0.3, 0.4) is 0 Å². The lowest BCUT2D eigenvalue weighted by Crippen LogP contribution is -2.36. The summed E-state index contributed by atoms with van der Waals surface area (Å²) in [7, 11) is 3.91. The molecule has 0 aliphatic rings. The van der Waals surface area contributed by atoms with Gasteiger partial charge in [0.1, 0.15) is 18.5 Å². The Bertz CT molecular complexity index is 793. The Kier molecular flexibility index (Phi) is 7.00. The van der Waals surface area contributed by atoms with Crippen LogP contribution in [0.2, 0.25) is 0 Å². The molecule has 1 amide bonds. The number of furan rings is 1. The van der Waals surface area contributed by atoms with Crippen LogP contribution in [0, 0.1) is 0 Å². The maximum atomic E-state index is 12.4. The molecule has 3 rings (SSSR count). The van der Waals surface area contributed by atoms with Gasteiger partial charge < -0.3 is 14.5 Å². The smallest absolute Gasteiger partial charge is 0.246 e. The first-order chi connectivity index (χ1) is 13.6. The van der Waals surface area contributed by atoms with Crippen molar-refractivity contribution in [3.05, 3.63) is 95.9 Å². The topological polar surface area (TPSA) is 54.7 Å². The molecule has 1 N–H and O–H groups in total. The third kappa shape index (κ3) is 5.31. The third-order valence-electron chi connectivity index (χ3n) is 4.57. The van der Waals surface area contributed by atoms with E-state index in [9.17, 15) is 4.79 Å². The van der Waals surface area contributed by atoms with Gasteiger partial charge in [0.15, 0.2) is 0 Å². The summed E-state index contributed by atoms with van der Waals surface area (Å²) in [6.07, 6.45) is 1.35. The van der Waals surface area contributed by atoms with Gasteiger partial charge in [0.25, 0.3) is 0 Å². The largest absolute Gasteiger partial charge is 0.468 e. The van der Waals surface area contributed by atoms with Crippen LogP contribution in [-0.2, 0) is 9.53 Å². The van der Waals surface area contributed by atoms with Gasteiger partial charge in [-0.1, -0.05) is 60.7 Å². The molecule has 0 saturated heterocycles. The van der Waals surface area contributed by atoms with Crippen molar-refractivity contribution < 1.29 is 13.9 Å². The predicted octanol–water partition coefficient (Wildman–Crippen LogP) is 3.80. The summed E-state index contributed by atoms with van der Waals surface area (Å²) in [5.41, 5.74) is 2.03. The minimum atomic E-state index is -0.289. The Hall–Kier alpha value is -2.89. The molecule has 0 bridgehead atoms. The van der Waals surface area contributed by atoms with Crippen molar-refractivity contribution in [3.63, 3.8) is 0 Å². The SMILES string of the molecule is CN(C)C(CNC(=O)COC(c1ccccc1)c1ccccc1)c1ccco1. The van der Waals surface area contributed by atoms with E-state index in [1.165, 1.54) is 0 Å². The molecule has 0 radical (unpaired) electrons. The quantitative estimate of drug-likeness (QED) is 0.615. The van der Waals surface area contributed by atoms with Gasteiger partial charge in [0.2, 0.25) is 5.91 Å². The number of likely N-dealkylation sites (N-methyl/N-ethyl adjacent to an activating group) is 1. The second-order valence-electron chi connectivity index (χ2n) is 6.81. The van der Waals surface area contributed by atoms with E-state index in [2.05, 4.69) is 5.32 Å². The van der Waals surface area contributed by atoms with E-state index in [4.69, 9.17) is 9.15 Å². The summed E-state index contributed by atoms with van der Waals surface area (Å²) in [6, 6.07) is 23.6. The minimum absolute atomic E-state index is 0.0211. The lowest BCUT2D eigenvalue weighted by atomic mass is 10.0. The highest BCUT2D eigenvalue weighted by Crippen LogP contribution is 2.25. The maximum Gasteiger partial charge on any atom is 0.246 e. The van der Waals surface area contributed by atoms with E-state index >= 15 is 0 Å². The van der Waals surface area contributed by atoms with Gasteiger partial charge in [0, 0.05) is 6.54 Å². The number of benzene rings is 2. The standard InChI is InChI=1S/C23H26N2O3/c1-25(2)20(21-14-9-15-27-21)16-24-22(26)17-28-23(18-10-5-3-6-11-18)19-12-7-4-8-13-19/h3-15,20,23H,16-17H2,1-2H3,(H,24,26). The fourth-order valence-corrected chi connectivity index (χ4v) is 3.08. The first-order valence-corrected chi connectivity index (χ1v) is 9.33. The van der Waals surface area contributed by atoms with E-state index in [0.717, 1.165) is 16.9 Å². The van der Waals surface area contributed by atoms with E-state index in [1.54, 1.807) is 6.26 Å². The molecule has 28 heavy (non-hydrogen) atoms. The highest BCUT2D eigenvalue weighted by Gasteiger charge is 2.19. The number of nitrogens with one attached hydrogen (secondary N) is 1. The van der Waals surface area contributed by atoms with Crippen LogP contribution in [0.15, 0.2) is 83.5 Å². The van der Waals surface area contributed by atoms with Gasteiger partial charge in [-0.3, -0.25) is 9.69 Å². The zero-order valence-electron chi connectivity index (χ0n) is 16.2. The van der Waals surface area contributed by atoms with Crippen molar-refractivity contribution in [1.29, 1.82) is 0 Å². The molecule has 1 atom stereocenters. The first kappa shape index (κ1) is 19.9. The number of hydrogen-bond donors (Lipinski definition) is 1. The van der Waals surface area contributed by atoms with Gasteiger partial charge >= 0.3 is 0 Å². The second kappa shape index (κ2) is 9.88. The molecule has 3 aromatic rings. The molecule has 1 aromatic heterocycles. The van der Waals surface area contributed by atoms with Crippen LogP contribution in [0.25, 0.3) is 0 Å². The predicted molar refractivity (Wildman–Crippen MR) is 109 cm³/mol.